The van der Waals surface area contributed by atoms with E-state index in [-0.39, 0.29) is 21.7 Å². The van der Waals surface area contributed by atoms with Gasteiger partial charge < -0.3 is 5.32 Å². The predicted octanol–water partition coefficient (Wildman–Crippen LogP) is 2.31. The molecule has 0 aliphatic heterocycles. The first-order chi connectivity index (χ1) is 12.0. The average molecular weight is 397 g/mol. The minimum atomic E-state index is -4.60. The number of rotatable bonds is 5. The van der Waals surface area contributed by atoms with Crippen LogP contribution in [0.15, 0.2) is 52.3 Å². The first-order valence-electron chi connectivity index (χ1n) is 7.12. The van der Waals surface area contributed by atoms with Crippen LogP contribution in [0.2, 0.25) is 0 Å². The zero-order valence-corrected chi connectivity index (χ0v) is 15.1. The number of carbonyl (C=O) groups excluding carboxylic acids is 1. The molecule has 0 radical (unpaired) electrons. The van der Waals surface area contributed by atoms with E-state index in [2.05, 4.69) is 5.32 Å². The Bertz CT molecular complexity index is 1090. The highest BCUT2D eigenvalue weighted by molar-refractivity contribution is 7.86. The lowest BCUT2D eigenvalue weighted by Crippen LogP contribution is -2.08. The summed E-state index contributed by atoms with van der Waals surface area (Å²) < 4.78 is 64.6. The van der Waals surface area contributed by atoms with Gasteiger partial charge in [0.15, 0.2) is 0 Å². The Labute approximate surface area is 150 Å². The van der Waals surface area contributed by atoms with Crippen LogP contribution < -0.4 is 5.32 Å². The van der Waals surface area contributed by atoms with Crippen molar-refractivity contribution in [3.05, 3.63) is 53.6 Å². The van der Waals surface area contributed by atoms with Crippen molar-refractivity contribution in [3.8, 4) is 0 Å². The van der Waals surface area contributed by atoms with E-state index in [1.807, 2.05) is 0 Å². The van der Waals surface area contributed by atoms with E-state index in [4.69, 9.17) is 0 Å². The molecule has 0 saturated heterocycles. The lowest BCUT2D eigenvalue weighted by molar-refractivity contribution is -0.114. The predicted molar refractivity (Wildman–Crippen MR) is 95.7 cm³/mol. The van der Waals surface area contributed by atoms with Gasteiger partial charge in [-0.1, -0.05) is 36.4 Å². The van der Waals surface area contributed by atoms with Crippen LogP contribution in [-0.2, 0) is 25.0 Å². The number of anilines is 1. The number of amides is 1. The Balaban J connectivity index is 2.54. The molecule has 1 amide bonds. The molecule has 3 N–H and O–H groups in total. The quantitative estimate of drug-likeness (QED) is 0.520. The van der Waals surface area contributed by atoms with Crippen molar-refractivity contribution in [3.63, 3.8) is 0 Å². The lowest BCUT2D eigenvalue weighted by Gasteiger charge is -2.08. The van der Waals surface area contributed by atoms with Gasteiger partial charge in [-0.25, -0.2) is 0 Å². The molecule has 138 valence electrons. The number of hydrogen-bond acceptors (Lipinski definition) is 5. The molecule has 2 aromatic carbocycles. The van der Waals surface area contributed by atoms with Gasteiger partial charge in [0.1, 0.15) is 9.79 Å². The summed E-state index contributed by atoms with van der Waals surface area (Å²) >= 11 is 0. The van der Waals surface area contributed by atoms with E-state index < -0.39 is 31.0 Å². The summed E-state index contributed by atoms with van der Waals surface area (Å²) in [5, 5.41) is 2.40. The van der Waals surface area contributed by atoms with Crippen LogP contribution in [-0.4, -0.2) is 31.8 Å². The molecule has 26 heavy (non-hydrogen) atoms. The normalized spacial score (nSPS) is 12.3. The Kier molecular flexibility index (Phi) is 5.62. The third-order valence-electron chi connectivity index (χ3n) is 3.25. The minimum absolute atomic E-state index is 0.0618. The second-order valence-electron chi connectivity index (χ2n) is 5.26. The molecule has 0 aliphatic rings. The van der Waals surface area contributed by atoms with Crippen molar-refractivity contribution in [1.29, 1.82) is 0 Å². The summed E-state index contributed by atoms with van der Waals surface area (Å²) in [6, 6.07) is 9.40. The third kappa shape index (κ3) is 4.99. The second kappa shape index (κ2) is 7.38. The van der Waals surface area contributed by atoms with Crippen LogP contribution in [0.4, 0.5) is 5.69 Å². The van der Waals surface area contributed by atoms with Crippen LogP contribution in [0, 0.1) is 0 Å². The van der Waals surface area contributed by atoms with Crippen molar-refractivity contribution in [2.75, 3.05) is 5.32 Å². The largest absolute Gasteiger partial charge is 0.326 e. The van der Waals surface area contributed by atoms with Gasteiger partial charge in [0.2, 0.25) is 5.91 Å². The average Bonchev–Trinajstić information content (AvgIpc) is 2.51. The number of benzene rings is 2. The van der Waals surface area contributed by atoms with Gasteiger partial charge in [0.25, 0.3) is 20.2 Å². The minimum Gasteiger partial charge on any atom is -0.326 e. The van der Waals surface area contributed by atoms with Crippen LogP contribution in [0.25, 0.3) is 12.2 Å². The molecule has 0 aliphatic carbocycles. The second-order valence-corrected chi connectivity index (χ2v) is 8.04. The number of hydrogen-bond donors (Lipinski definition) is 3. The van der Waals surface area contributed by atoms with Crippen LogP contribution in [0.5, 0.6) is 0 Å². The highest BCUT2D eigenvalue weighted by Crippen LogP contribution is 2.24. The fourth-order valence-electron chi connectivity index (χ4n) is 2.21. The monoisotopic (exact) mass is 397 g/mol. The maximum atomic E-state index is 11.6. The Morgan fingerprint density at radius 2 is 1.42 bits per heavy atom. The summed E-state index contributed by atoms with van der Waals surface area (Å²) in [4.78, 5) is 10.3. The zero-order chi connectivity index (χ0) is 19.5. The van der Waals surface area contributed by atoms with E-state index in [0.717, 1.165) is 6.07 Å². The molecule has 10 heteroatoms. The van der Waals surface area contributed by atoms with Crippen molar-refractivity contribution >= 4 is 44.0 Å². The highest BCUT2D eigenvalue weighted by Gasteiger charge is 2.16. The van der Waals surface area contributed by atoms with E-state index in [0.29, 0.717) is 0 Å². The molecule has 0 spiro atoms. The summed E-state index contributed by atoms with van der Waals surface area (Å²) in [7, 11) is -9.07. The Hall–Kier alpha value is -2.53. The lowest BCUT2D eigenvalue weighted by atomic mass is 10.1. The van der Waals surface area contributed by atoms with Crippen molar-refractivity contribution in [2.45, 2.75) is 16.7 Å². The summed E-state index contributed by atoms with van der Waals surface area (Å²) in [6.45, 7) is 1.24. The fourth-order valence-corrected chi connectivity index (χ4v) is 3.60. The van der Waals surface area contributed by atoms with Gasteiger partial charge in [0, 0.05) is 12.6 Å². The Morgan fingerprint density at radius 3 is 1.96 bits per heavy atom. The molecule has 2 aromatic rings. The maximum Gasteiger partial charge on any atom is 0.295 e. The molecule has 0 atom stereocenters. The highest BCUT2D eigenvalue weighted by atomic mass is 32.2. The van der Waals surface area contributed by atoms with Gasteiger partial charge >= 0.3 is 0 Å². The van der Waals surface area contributed by atoms with Crippen LogP contribution >= 0.6 is 0 Å². The molecule has 0 heterocycles. The summed E-state index contributed by atoms with van der Waals surface area (Å²) in [5.74, 6) is -0.420. The fraction of sp³-hybridized carbons (Fsp3) is 0.0625. The van der Waals surface area contributed by atoms with Gasteiger partial charge in [0.05, 0.1) is 0 Å². The van der Waals surface area contributed by atoms with Crippen molar-refractivity contribution in [1.82, 2.24) is 0 Å². The molecule has 0 unspecified atom stereocenters. The van der Waals surface area contributed by atoms with Crippen molar-refractivity contribution in [2.24, 2.45) is 0 Å². The molecule has 2 rings (SSSR count). The summed E-state index contributed by atoms with van der Waals surface area (Å²) in [6.07, 6.45) is 2.55. The molecule has 0 fully saturated rings. The van der Waals surface area contributed by atoms with E-state index >= 15 is 0 Å². The summed E-state index contributed by atoms with van der Waals surface area (Å²) in [5.41, 5.74) is 0.356. The molecule has 0 bridgehead atoms. The van der Waals surface area contributed by atoms with E-state index in [1.165, 1.54) is 55.5 Å². The van der Waals surface area contributed by atoms with Crippen molar-refractivity contribution < 1.29 is 30.7 Å². The topological polar surface area (TPSA) is 138 Å². The number of carbonyl (C=O) groups is 1. The first-order valence-corrected chi connectivity index (χ1v) is 10.0. The first kappa shape index (κ1) is 19.8. The van der Waals surface area contributed by atoms with E-state index in [9.17, 15) is 30.7 Å². The van der Waals surface area contributed by atoms with Gasteiger partial charge in [-0.3, -0.25) is 13.9 Å². The van der Waals surface area contributed by atoms with Crippen LogP contribution in [0.1, 0.15) is 18.1 Å². The molecular weight excluding hydrogens is 382 g/mol. The number of nitrogens with one attached hydrogen (secondary N) is 1. The van der Waals surface area contributed by atoms with Gasteiger partial charge in [-0.05, 0) is 29.3 Å². The SMILES string of the molecule is CC(=O)Nc1ccc(C=Cc2ccccc2S(=O)(=O)O)c(S(=O)(=O)O)c1. The molecule has 0 aromatic heterocycles. The Morgan fingerprint density at radius 1 is 0.885 bits per heavy atom. The standard InChI is InChI=1S/C16H15NO7S2/c1-11(18)17-14-9-8-13(16(10-14)26(22,23)24)7-6-12-4-2-3-5-15(12)25(19,20)21/h2-10H,1H3,(H,17,18)(H,19,20,21)(H,22,23,24). The molecule has 0 saturated carbocycles. The molecule has 8 nitrogen and oxygen atoms in total. The third-order valence-corrected chi connectivity index (χ3v) is 5.09. The maximum absolute atomic E-state index is 11.6. The zero-order valence-electron chi connectivity index (χ0n) is 13.4. The van der Waals surface area contributed by atoms with Crippen LogP contribution in [0.3, 0.4) is 0 Å². The van der Waals surface area contributed by atoms with Gasteiger partial charge in [-0.2, -0.15) is 16.8 Å². The smallest absolute Gasteiger partial charge is 0.295 e. The van der Waals surface area contributed by atoms with Gasteiger partial charge in [-0.15, -0.1) is 0 Å². The van der Waals surface area contributed by atoms with E-state index in [1.54, 1.807) is 0 Å². The molecular formula is C16H15NO7S2.